The van der Waals surface area contributed by atoms with Crippen LogP contribution in [0.4, 0.5) is 0 Å². The van der Waals surface area contributed by atoms with E-state index in [9.17, 15) is 4.79 Å². The zero-order chi connectivity index (χ0) is 23.3. The lowest BCUT2D eigenvalue weighted by molar-refractivity contribution is -0.0496. The lowest BCUT2D eigenvalue weighted by Crippen LogP contribution is -2.44. The molecule has 172 valence electrons. The van der Waals surface area contributed by atoms with Gasteiger partial charge in [0.25, 0.3) is 0 Å². The van der Waals surface area contributed by atoms with Gasteiger partial charge in [0, 0.05) is 36.3 Å². The van der Waals surface area contributed by atoms with Crippen LogP contribution in [0.2, 0.25) is 0 Å². The highest BCUT2D eigenvalue weighted by Gasteiger charge is 2.31. The summed E-state index contributed by atoms with van der Waals surface area (Å²) in [6.45, 7) is 4.54. The Morgan fingerprint density at radius 2 is 1.88 bits per heavy atom. The summed E-state index contributed by atoms with van der Waals surface area (Å²) in [6, 6.07) is 10.8. The SMILES string of the molecule is CC(C)n1c(=O)n(C)c2nnc3ccc(-c4ccc(COC5CC(N(C)C)C5)nc4)cc3c21. The second kappa shape index (κ2) is 8.35. The molecule has 8 heteroatoms. The zero-order valence-corrected chi connectivity index (χ0v) is 19.8. The van der Waals surface area contributed by atoms with Gasteiger partial charge < -0.3 is 9.64 Å². The molecule has 33 heavy (non-hydrogen) atoms. The number of aryl methyl sites for hydroxylation is 1. The molecule has 8 nitrogen and oxygen atoms in total. The summed E-state index contributed by atoms with van der Waals surface area (Å²) >= 11 is 0. The Kier molecular flexibility index (Phi) is 5.50. The molecule has 1 fully saturated rings. The maximum absolute atomic E-state index is 12.8. The van der Waals surface area contributed by atoms with Gasteiger partial charge in [-0.3, -0.25) is 14.1 Å². The molecule has 0 aliphatic heterocycles. The van der Waals surface area contributed by atoms with Crippen LogP contribution in [0.3, 0.4) is 0 Å². The van der Waals surface area contributed by atoms with Gasteiger partial charge in [-0.1, -0.05) is 12.1 Å². The highest BCUT2D eigenvalue weighted by Crippen LogP contribution is 2.29. The fourth-order valence-corrected chi connectivity index (χ4v) is 4.53. The van der Waals surface area contributed by atoms with Gasteiger partial charge in [-0.15, -0.1) is 10.2 Å². The summed E-state index contributed by atoms with van der Waals surface area (Å²) in [6.07, 6.45) is 4.38. The van der Waals surface area contributed by atoms with Crippen LogP contribution in [0.25, 0.3) is 33.2 Å². The van der Waals surface area contributed by atoms with Gasteiger partial charge in [-0.2, -0.15) is 0 Å². The first kappa shape index (κ1) is 21.7. The molecular weight excluding hydrogens is 416 g/mol. The van der Waals surface area contributed by atoms with Crippen molar-refractivity contribution in [2.24, 2.45) is 7.05 Å². The normalized spacial score (nSPS) is 18.5. The third kappa shape index (κ3) is 3.83. The van der Waals surface area contributed by atoms with Crippen LogP contribution in [0, 0.1) is 0 Å². The van der Waals surface area contributed by atoms with E-state index >= 15 is 0 Å². The van der Waals surface area contributed by atoms with Crippen molar-refractivity contribution in [3.8, 4) is 11.1 Å². The molecule has 1 aliphatic rings. The van der Waals surface area contributed by atoms with E-state index < -0.39 is 0 Å². The van der Waals surface area contributed by atoms with Crippen molar-refractivity contribution in [2.45, 2.75) is 51.5 Å². The predicted molar refractivity (Wildman–Crippen MR) is 129 cm³/mol. The van der Waals surface area contributed by atoms with Gasteiger partial charge in [0.1, 0.15) is 5.52 Å². The van der Waals surface area contributed by atoms with Gasteiger partial charge in [-0.05, 0) is 64.5 Å². The summed E-state index contributed by atoms with van der Waals surface area (Å²) < 4.78 is 9.36. The molecule has 1 saturated carbocycles. The summed E-state index contributed by atoms with van der Waals surface area (Å²) in [5.74, 6) is 0. The third-order valence-electron chi connectivity index (χ3n) is 6.71. The average molecular weight is 447 g/mol. The van der Waals surface area contributed by atoms with Gasteiger partial charge in [0.2, 0.25) is 0 Å². The molecule has 1 aliphatic carbocycles. The molecule has 0 spiro atoms. The highest BCUT2D eigenvalue weighted by atomic mass is 16.5. The van der Waals surface area contributed by atoms with Crippen molar-refractivity contribution in [1.82, 2.24) is 29.2 Å². The smallest absolute Gasteiger partial charge is 0.330 e. The number of ether oxygens (including phenoxy) is 1. The first-order valence-electron chi connectivity index (χ1n) is 11.4. The van der Waals surface area contributed by atoms with Crippen molar-refractivity contribution >= 4 is 22.1 Å². The van der Waals surface area contributed by atoms with Crippen LogP contribution in [0.15, 0.2) is 41.3 Å². The maximum atomic E-state index is 12.8. The van der Waals surface area contributed by atoms with Gasteiger partial charge in [0.05, 0.1) is 23.9 Å². The summed E-state index contributed by atoms with van der Waals surface area (Å²) in [7, 11) is 5.97. The molecule has 3 heterocycles. The minimum Gasteiger partial charge on any atom is -0.372 e. The lowest BCUT2D eigenvalue weighted by atomic mass is 9.88. The van der Waals surface area contributed by atoms with Crippen LogP contribution in [0.5, 0.6) is 0 Å². The molecule has 1 aromatic carbocycles. The lowest BCUT2D eigenvalue weighted by Gasteiger charge is -2.39. The number of pyridine rings is 1. The Bertz CT molecular complexity index is 1360. The molecule has 4 aromatic rings. The maximum Gasteiger partial charge on any atom is 0.330 e. The van der Waals surface area contributed by atoms with Gasteiger partial charge >= 0.3 is 5.69 Å². The number of nitrogens with zero attached hydrogens (tertiary/aromatic N) is 6. The van der Waals surface area contributed by atoms with E-state index in [0.29, 0.717) is 24.4 Å². The van der Waals surface area contributed by atoms with E-state index in [4.69, 9.17) is 4.74 Å². The summed E-state index contributed by atoms with van der Waals surface area (Å²) in [5, 5.41) is 9.57. The van der Waals surface area contributed by atoms with Crippen molar-refractivity contribution in [1.29, 1.82) is 0 Å². The second-order valence-electron chi connectivity index (χ2n) is 9.47. The molecule has 3 aromatic heterocycles. The zero-order valence-electron chi connectivity index (χ0n) is 19.8. The number of benzene rings is 1. The molecule has 0 atom stereocenters. The molecule has 0 unspecified atom stereocenters. The Morgan fingerprint density at radius 3 is 2.55 bits per heavy atom. The van der Waals surface area contributed by atoms with E-state index in [1.165, 1.54) is 0 Å². The Morgan fingerprint density at radius 1 is 1.12 bits per heavy atom. The second-order valence-corrected chi connectivity index (χ2v) is 9.47. The quantitative estimate of drug-likeness (QED) is 0.451. The topological polar surface area (TPSA) is 78.1 Å². The Hall–Kier alpha value is -3.10. The minimum absolute atomic E-state index is 0.0156. The van der Waals surface area contributed by atoms with Crippen LogP contribution in [-0.2, 0) is 18.4 Å². The number of aromatic nitrogens is 5. The van der Waals surface area contributed by atoms with Crippen molar-refractivity contribution < 1.29 is 4.74 Å². The molecule has 0 saturated heterocycles. The molecule has 0 bridgehead atoms. The van der Waals surface area contributed by atoms with Gasteiger partial charge in [0.15, 0.2) is 5.65 Å². The van der Waals surface area contributed by atoms with E-state index in [1.54, 1.807) is 16.2 Å². The van der Waals surface area contributed by atoms with Crippen LogP contribution >= 0.6 is 0 Å². The van der Waals surface area contributed by atoms with Crippen LogP contribution < -0.4 is 5.69 Å². The fraction of sp³-hybridized carbons (Fsp3) is 0.440. The molecule has 0 N–H and O–H groups in total. The van der Waals surface area contributed by atoms with Crippen LogP contribution in [-0.4, -0.2) is 55.5 Å². The van der Waals surface area contributed by atoms with Crippen molar-refractivity contribution in [2.75, 3.05) is 14.1 Å². The first-order valence-corrected chi connectivity index (χ1v) is 11.4. The number of imidazole rings is 1. The fourth-order valence-electron chi connectivity index (χ4n) is 4.53. The number of fused-ring (bicyclic) bond motifs is 3. The monoisotopic (exact) mass is 446 g/mol. The average Bonchev–Trinajstić information content (AvgIpc) is 3.03. The minimum atomic E-state index is -0.0819. The van der Waals surface area contributed by atoms with E-state index in [2.05, 4.69) is 46.3 Å². The third-order valence-corrected chi connectivity index (χ3v) is 6.71. The first-order chi connectivity index (χ1) is 15.8. The summed E-state index contributed by atoms with van der Waals surface area (Å²) in [5.41, 5.74) is 5.06. The number of hydrogen-bond acceptors (Lipinski definition) is 6. The van der Waals surface area contributed by atoms with E-state index in [0.717, 1.165) is 46.1 Å². The number of hydrogen-bond donors (Lipinski definition) is 0. The summed E-state index contributed by atoms with van der Waals surface area (Å²) in [4.78, 5) is 19.7. The predicted octanol–water partition coefficient (Wildman–Crippen LogP) is 3.54. The van der Waals surface area contributed by atoms with E-state index in [-0.39, 0.29) is 11.7 Å². The van der Waals surface area contributed by atoms with Crippen molar-refractivity contribution in [3.63, 3.8) is 0 Å². The van der Waals surface area contributed by atoms with Crippen LogP contribution in [0.1, 0.15) is 38.4 Å². The Labute approximate surface area is 192 Å². The largest absolute Gasteiger partial charge is 0.372 e. The Balaban J connectivity index is 1.42. The molecule has 5 rings (SSSR count). The van der Waals surface area contributed by atoms with Gasteiger partial charge in [-0.25, -0.2) is 4.79 Å². The molecule has 0 amide bonds. The number of rotatable bonds is 6. The van der Waals surface area contributed by atoms with E-state index in [1.807, 2.05) is 38.2 Å². The standard InChI is InChI=1S/C25H30N6O2/c1-15(2)31-23-21-10-16(7-9-22(21)27-28-24(23)30(5)25(31)32)17-6-8-18(26-13-17)14-33-20-11-19(12-20)29(3)4/h6-10,13,15,19-20H,11-12,14H2,1-5H3. The van der Waals surface area contributed by atoms with Crippen molar-refractivity contribution in [3.05, 3.63) is 52.7 Å². The highest BCUT2D eigenvalue weighted by molar-refractivity contribution is 6.02. The molecule has 0 radical (unpaired) electrons. The molecular formula is C25H30N6O2.